The van der Waals surface area contributed by atoms with E-state index in [2.05, 4.69) is 24.5 Å². The van der Waals surface area contributed by atoms with Gasteiger partial charge >= 0.3 is 6.03 Å². The molecule has 0 spiro atoms. The summed E-state index contributed by atoms with van der Waals surface area (Å²) >= 11 is 0. The normalized spacial score (nSPS) is 29.5. The van der Waals surface area contributed by atoms with Crippen LogP contribution in [0.2, 0.25) is 0 Å². The SMILES string of the molecule is CC1CCCC(NC(=O)CNC(N)=O)C1C. The molecule has 0 aromatic carbocycles. The molecule has 4 N–H and O–H groups in total. The quantitative estimate of drug-likeness (QED) is 0.659. The molecule has 1 saturated carbocycles. The second-order valence-corrected chi connectivity index (χ2v) is 4.66. The van der Waals surface area contributed by atoms with Crippen molar-refractivity contribution in [2.75, 3.05) is 6.54 Å². The molecule has 5 nitrogen and oxygen atoms in total. The molecule has 0 saturated heterocycles. The number of primary amides is 1. The summed E-state index contributed by atoms with van der Waals surface area (Å²) in [6.07, 6.45) is 3.40. The van der Waals surface area contributed by atoms with Crippen LogP contribution in [-0.4, -0.2) is 24.5 Å². The molecule has 0 aromatic rings. The van der Waals surface area contributed by atoms with E-state index in [4.69, 9.17) is 5.73 Å². The van der Waals surface area contributed by atoms with Crippen LogP contribution in [0.1, 0.15) is 33.1 Å². The third kappa shape index (κ3) is 3.72. The molecule has 3 unspecified atom stereocenters. The lowest BCUT2D eigenvalue weighted by molar-refractivity contribution is -0.121. The van der Waals surface area contributed by atoms with Crippen molar-refractivity contribution >= 4 is 11.9 Å². The first-order chi connectivity index (χ1) is 7.50. The number of hydrogen-bond donors (Lipinski definition) is 3. The fraction of sp³-hybridized carbons (Fsp3) is 0.818. The van der Waals surface area contributed by atoms with E-state index in [9.17, 15) is 9.59 Å². The van der Waals surface area contributed by atoms with Crippen molar-refractivity contribution in [3.05, 3.63) is 0 Å². The lowest BCUT2D eigenvalue weighted by Gasteiger charge is -2.34. The van der Waals surface area contributed by atoms with Gasteiger partial charge in [-0.1, -0.05) is 26.7 Å². The molecule has 1 fully saturated rings. The number of nitrogens with two attached hydrogens (primary N) is 1. The molecule has 1 aliphatic rings. The van der Waals surface area contributed by atoms with E-state index >= 15 is 0 Å². The van der Waals surface area contributed by atoms with Crippen molar-refractivity contribution in [2.24, 2.45) is 17.6 Å². The number of nitrogens with one attached hydrogen (secondary N) is 2. The van der Waals surface area contributed by atoms with Gasteiger partial charge in [0.05, 0.1) is 6.54 Å². The Morgan fingerprint density at radius 1 is 1.31 bits per heavy atom. The molecule has 1 aliphatic carbocycles. The summed E-state index contributed by atoms with van der Waals surface area (Å²) in [7, 11) is 0. The lowest BCUT2D eigenvalue weighted by Crippen LogP contribution is -2.47. The van der Waals surface area contributed by atoms with Gasteiger partial charge in [-0.15, -0.1) is 0 Å². The monoisotopic (exact) mass is 227 g/mol. The minimum Gasteiger partial charge on any atom is -0.352 e. The summed E-state index contributed by atoms with van der Waals surface area (Å²) in [6.45, 7) is 4.34. The molecule has 0 radical (unpaired) electrons. The van der Waals surface area contributed by atoms with Gasteiger partial charge in [0.15, 0.2) is 0 Å². The topological polar surface area (TPSA) is 84.2 Å². The van der Waals surface area contributed by atoms with E-state index in [1.165, 1.54) is 6.42 Å². The molecule has 0 heterocycles. The molecular formula is C11H21N3O2. The summed E-state index contributed by atoms with van der Waals surface area (Å²) in [6, 6.07) is -0.439. The number of carbonyl (C=O) groups excluding carboxylic acids is 2. The van der Waals surface area contributed by atoms with Crippen LogP contribution in [0.5, 0.6) is 0 Å². The van der Waals surface area contributed by atoms with Crippen molar-refractivity contribution in [1.82, 2.24) is 10.6 Å². The van der Waals surface area contributed by atoms with Gasteiger partial charge < -0.3 is 16.4 Å². The highest BCUT2D eigenvalue weighted by Crippen LogP contribution is 2.29. The summed E-state index contributed by atoms with van der Waals surface area (Å²) in [5, 5.41) is 5.23. The number of hydrogen-bond acceptors (Lipinski definition) is 2. The Hall–Kier alpha value is -1.26. The molecule has 0 aromatic heterocycles. The minimum absolute atomic E-state index is 0.0348. The highest BCUT2D eigenvalue weighted by molar-refractivity contribution is 5.83. The van der Waals surface area contributed by atoms with E-state index < -0.39 is 6.03 Å². The number of urea groups is 1. The zero-order valence-electron chi connectivity index (χ0n) is 9.95. The zero-order chi connectivity index (χ0) is 12.1. The first kappa shape index (κ1) is 12.8. The van der Waals surface area contributed by atoms with Crippen molar-refractivity contribution in [3.8, 4) is 0 Å². The third-order valence-electron chi connectivity index (χ3n) is 3.48. The predicted molar refractivity (Wildman–Crippen MR) is 61.7 cm³/mol. The van der Waals surface area contributed by atoms with Gasteiger partial charge in [0.1, 0.15) is 0 Å². The molecule has 92 valence electrons. The van der Waals surface area contributed by atoms with Crippen molar-refractivity contribution < 1.29 is 9.59 Å². The predicted octanol–water partition coefficient (Wildman–Crippen LogP) is 0.596. The number of carbonyl (C=O) groups is 2. The van der Waals surface area contributed by atoms with Crippen LogP contribution in [0.3, 0.4) is 0 Å². The summed E-state index contributed by atoms with van der Waals surface area (Å²) in [5.41, 5.74) is 4.89. The summed E-state index contributed by atoms with van der Waals surface area (Å²) in [4.78, 5) is 21.9. The minimum atomic E-state index is -0.666. The summed E-state index contributed by atoms with van der Waals surface area (Å²) < 4.78 is 0. The van der Waals surface area contributed by atoms with Crippen LogP contribution in [0.4, 0.5) is 4.79 Å². The second kappa shape index (κ2) is 5.72. The van der Waals surface area contributed by atoms with Gasteiger partial charge in [-0.3, -0.25) is 4.79 Å². The Balaban J connectivity index is 2.35. The van der Waals surface area contributed by atoms with Gasteiger partial charge in [-0.2, -0.15) is 0 Å². The highest BCUT2D eigenvalue weighted by atomic mass is 16.2. The van der Waals surface area contributed by atoms with Crippen molar-refractivity contribution in [3.63, 3.8) is 0 Å². The Bertz CT molecular complexity index is 268. The maximum Gasteiger partial charge on any atom is 0.312 e. The van der Waals surface area contributed by atoms with Crippen LogP contribution < -0.4 is 16.4 Å². The van der Waals surface area contributed by atoms with Crippen LogP contribution >= 0.6 is 0 Å². The molecule has 1 rings (SSSR count). The number of amides is 3. The smallest absolute Gasteiger partial charge is 0.312 e. The van der Waals surface area contributed by atoms with Crippen molar-refractivity contribution in [2.45, 2.75) is 39.2 Å². The summed E-state index contributed by atoms with van der Waals surface area (Å²) in [5.74, 6) is 0.971. The Labute approximate surface area is 96.1 Å². The average molecular weight is 227 g/mol. The Kier molecular flexibility index (Phi) is 4.58. The first-order valence-corrected chi connectivity index (χ1v) is 5.83. The van der Waals surface area contributed by atoms with Gasteiger partial charge in [-0.05, 0) is 18.3 Å². The average Bonchev–Trinajstić information content (AvgIpc) is 2.22. The zero-order valence-corrected chi connectivity index (χ0v) is 9.95. The maximum absolute atomic E-state index is 11.5. The van der Waals surface area contributed by atoms with Crippen LogP contribution in [0.15, 0.2) is 0 Å². The molecule has 0 bridgehead atoms. The lowest BCUT2D eigenvalue weighted by atomic mass is 9.78. The first-order valence-electron chi connectivity index (χ1n) is 5.83. The van der Waals surface area contributed by atoms with E-state index in [1.54, 1.807) is 0 Å². The molecular weight excluding hydrogens is 206 g/mol. The van der Waals surface area contributed by atoms with Crippen LogP contribution in [-0.2, 0) is 4.79 Å². The van der Waals surface area contributed by atoms with E-state index in [-0.39, 0.29) is 18.5 Å². The number of rotatable bonds is 3. The molecule has 16 heavy (non-hydrogen) atoms. The van der Waals surface area contributed by atoms with Gasteiger partial charge in [0.25, 0.3) is 0 Å². The van der Waals surface area contributed by atoms with Crippen molar-refractivity contribution in [1.29, 1.82) is 0 Å². The fourth-order valence-corrected chi connectivity index (χ4v) is 2.21. The van der Waals surface area contributed by atoms with Gasteiger partial charge in [0, 0.05) is 6.04 Å². The van der Waals surface area contributed by atoms with E-state index in [1.807, 2.05) is 0 Å². The molecule has 3 atom stereocenters. The molecule has 3 amide bonds. The Morgan fingerprint density at radius 3 is 2.62 bits per heavy atom. The third-order valence-corrected chi connectivity index (χ3v) is 3.48. The second-order valence-electron chi connectivity index (χ2n) is 4.66. The van der Waals surface area contributed by atoms with Crippen LogP contribution in [0.25, 0.3) is 0 Å². The fourth-order valence-electron chi connectivity index (χ4n) is 2.21. The van der Waals surface area contributed by atoms with Gasteiger partial charge in [-0.25, -0.2) is 4.79 Å². The van der Waals surface area contributed by atoms with E-state index in [0.717, 1.165) is 12.8 Å². The maximum atomic E-state index is 11.5. The van der Waals surface area contributed by atoms with E-state index in [0.29, 0.717) is 11.8 Å². The Morgan fingerprint density at radius 2 is 2.00 bits per heavy atom. The van der Waals surface area contributed by atoms with Crippen LogP contribution in [0, 0.1) is 11.8 Å². The highest BCUT2D eigenvalue weighted by Gasteiger charge is 2.27. The largest absolute Gasteiger partial charge is 0.352 e. The molecule has 5 heteroatoms. The molecule has 0 aliphatic heterocycles. The standard InChI is InChI=1S/C11H21N3O2/c1-7-4-3-5-9(8(7)2)14-10(15)6-13-11(12)16/h7-9H,3-6H2,1-2H3,(H,14,15)(H3,12,13,16). The van der Waals surface area contributed by atoms with Gasteiger partial charge in [0.2, 0.25) is 5.91 Å².